The predicted molar refractivity (Wildman–Crippen MR) is 68.0 cm³/mol. The molecule has 1 rings (SSSR count). The number of aryl methyl sites for hydroxylation is 1. The first-order valence-corrected chi connectivity index (χ1v) is 6.59. The van der Waals surface area contributed by atoms with Gasteiger partial charge in [-0.25, -0.2) is 0 Å². The molecule has 0 aliphatic rings. The molecule has 0 spiro atoms. The fourth-order valence-corrected chi connectivity index (χ4v) is 2.20. The lowest BCUT2D eigenvalue weighted by atomic mass is 9.98. The summed E-state index contributed by atoms with van der Waals surface area (Å²) in [5.41, 5.74) is -0.882. The van der Waals surface area contributed by atoms with Crippen LogP contribution >= 0.6 is 11.3 Å². The summed E-state index contributed by atoms with van der Waals surface area (Å²) in [7, 11) is 0. The summed E-state index contributed by atoms with van der Waals surface area (Å²) < 4.78 is 0. The van der Waals surface area contributed by atoms with Gasteiger partial charge in [0.05, 0.1) is 18.8 Å². The van der Waals surface area contributed by atoms with Crippen LogP contribution in [0.2, 0.25) is 0 Å². The van der Waals surface area contributed by atoms with E-state index >= 15 is 0 Å². The van der Waals surface area contributed by atoms with Crippen molar-refractivity contribution in [3.63, 3.8) is 0 Å². The van der Waals surface area contributed by atoms with Gasteiger partial charge in [-0.1, -0.05) is 13.0 Å². The van der Waals surface area contributed by atoms with Crippen molar-refractivity contribution < 1.29 is 15.0 Å². The minimum absolute atomic E-state index is 0.136. The second-order valence-corrected chi connectivity index (χ2v) is 5.11. The lowest BCUT2D eigenvalue weighted by molar-refractivity contribution is -0.124. The smallest absolute Gasteiger partial charge is 0.220 e. The van der Waals surface area contributed by atoms with E-state index in [-0.39, 0.29) is 19.1 Å². The van der Waals surface area contributed by atoms with Gasteiger partial charge in [0.2, 0.25) is 5.91 Å². The van der Waals surface area contributed by atoms with E-state index in [1.807, 2.05) is 24.4 Å². The molecule has 17 heavy (non-hydrogen) atoms. The van der Waals surface area contributed by atoms with Crippen LogP contribution in [0.3, 0.4) is 0 Å². The minimum Gasteiger partial charge on any atom is -0.394 e. The van der Waals surface area contributed by atoms with Crippen LogP contribution in [0.25, 0.3) is 0 Å². The molecule has 0 fully saturated rings. The number of nitrogens with one attached hydrogen (secondary N) is 1. The Morgan fingerprint density at radius 1 is 1.47 bits per heavy atom. The summed E-state index contributed by atoms with van der Waals surface area (Å²) in [5.74, 6) is -0.136. The van der Waals surface area contributed by atoms with Gasteiger partial charge in [0.1, 0.15) is 0 Å². The largest absolute Gasteiger partial charge is 0.394 e. The Labute approximate surface area is 105 Å². The summed E-state index contributed by atoms with van der Waals surface area (Å²) in [5, 5.41) is 23.1. The van der Waals surface area contributed by atoms with Crippen molar-refractivity contribution in [2.75, 3.05) is 13.2 Å². The number of aliphatic hydroxyl groups excluding tert-OH is 2. The molecule has 4 nitrogen and oxygen atoms in total. The van der Waals surface area contributed by atoms with E-state index in [0.29, 0.717) is 19.3 Å². The zero-order chi connectivity index (χ0) is 12.7. The van der Waals surface area contributed by atoms with Crippen molar-refractivity contribution in [3.05, 3.63) is 22.4 Å². The zero-order valence-corrected chi connectivity index (χ0v) is 10.8. The van der Waals surface area contributed by atoms with Crippen molar-refractivity contribution in [1.82, 2.24) is 5.32 Å². The second-order valence-electron chi connectivity index (χ2n) is 4.08. The normalized spacial score (nSPS) is 11.5. The van der Waals surface area contributed by atoms with Gasteiger partial charge in [0.15, 0.2) is 0 Å². The molecule has 0 aromatic carbocycles. The van der Waals surface area contributed by atoms with E-state index in [1.54, 1.807) is 11.3 Å². The van der Waals surface area contributed by atoms with E-state index in [4.69, 9.17) is 0 Å². The van der Waals surface area contributed by atoms with Crippen LogP contribution in [-0.4, -0.2) is 34.9 Å². The Bertz CT molecular complexity index is 325. The molecule has 1 aromatic rings. The summed E-state index contributed by atoms with van der Waals surface area (Å²) in [6, 6.07) is 3.94. The molecule has 0 aliphatic heterocycles. The third-order valence-electron chi connectivity index (χ3n) is 2.87. The Hall–Kier alpha value is -0.910. The summed E-state index contributed by atoms with van der Waals surface area (Å²) in [6.45, 7) is 1.33. The highest BCUT2D eigenvalue weighted by atomic mass is 32.1. The molecule has 0 atom stereocenters. The van der Waals surface area contributed by atoms with Gasteiger partial charge in [-0.05, 0) is 24.3 Å². The van der Waals surface area contributed by atoms with Crippen LogP contribution in [0.1, 0.15) is 24.6 Å². The van der Waals surface area contributed by atoms with Crippen molar-refractivity contribution in [2.24, 2.45) is 0 Å². The van der Waals surface area contributed by atoms with E-state index in [9.17, 15) is 15.0 Å². The first-order chi connectivity index (χ1) is 8.15. The van der Waals surface area contributed by atoms with Gasteiger partial charge in [-0.15, -0.1) is 11.3 Å². The van der Waals surface area contributed by atoms with Crippen molar-refractivity contribution in [3.8, 4) is 0 Å². The van der Waals surface area contributed by atoms with Crippen LogP contribution < -0.4 is 5.32 Å². The molecule has 1 aromatic heterocycles. The van der Waals surface area contributed by atoms with E-state index in [1.165, 1.54) is 0 Å². The van der Waals surface area contributed by atoms with Crippen LogP contribution in [0.5, 0.6) is 0 Å². The maximum atomic E-state index is 11.7. The highest BCUT2D eigenvalue weighted by Crippen LogP contribution is 2.12. The van der Waals surface area contributed by atoms with Crippen molar-refractivity contribution in [1.29, 1.82) is 0 Å². The Morgan fingerprint density at radius 2 is 2.18 bits per heavy atom. The number of carbonyl (C=O) groups is 1. The maximum Gasteiger partial charge on any atom is 0.220 e. The first kappa shape index (κ1) is 14.2. The third-order valence-corrected chi connectivity index (χ3v) is 3.80. The van der Waals surface area contributed by atoms with Crippen molar-refractivity contribution >= 4 is 17.2 Å². The average Bonchev–Trinajstić information content (AvgIpc) is 2.87. The molecule has 96 valence electrons. The molecule has 3 N–H and O–H groups in total. The Morgan fingerprint density at radius 3 is 2.65 bits per heavy atom. The highest BCUT2D eigenvalue weighted by Gasteiger charge is 2.28. The summed E-state index contributed by atoms with van der Waals surface area (Å²) in [4.78, 5) is 12.9. The molecular weight excluding hydrogens is 238 g/mol. The van der Waals surface area contributed by atoms with Crippen LogP contribution in [0, 0.1) is 0 Å². The van der Waals surface area contributed by atoms with E-state index < -0.39 is 5.54 Å². The lowest BCUT2D eigenvalue weighted by Crippen LogP contribution is -2.53. The quantitative estimate of drug-likeness (QED) is 0.680. The number of rotatable bonds is 7. The zero-order valence-electron chi connectivity index (χ0n) is 9.98. The van der Waals surface area contributed by atoms with Gasteiger partial charge in [-0.3, -0.25) is 4.79 Å². The number of thiophene rings is 1. The molecule has 0 saturated carbocycles. The molecule has 1 amide bonds. The van der Waals surface area contributed by atoms with E-state index in [2.05, 4.69) is 5.32 Å². The lowest BCUT2D eigenvalue weighted by Gasteiger charge is -2.29. The van der Waals surface area contributed by atoms with E-state index in [0.717, 1.165) is 4.88 Å². The third kappa shape index (κ3) is 4.11. The van der Waals surface area contributed by atoms with Gasteiger partial charge >= 0.3 is 0 Å². The maximum absolute atomic E-state index is 11.7. The van der Waals surface area contributed by atoms with Gasteiger partial charge in [0, 0.05) is 11.3 Å². The fraction of sp³-hybridized carbons (Fsp3) is 0.583. The standard InChI is InChI=1S/C12H19NO3S/c1-2-12(8-14,9-15)13-11(16)6-5-10-4-3-7-17-10/h3-4,7,14-15H,2,5-6,8-9H2,1H3,(H,13,16). The fourth-order valence-electron chi connectivity index (χ4n) is 1.49. The highest BCUT2D eigenvalue weighted by molar-refractivity contribution is 7.09. The van der Waals surface area contributed by atoms with Crippen molar-refractivity contribution in [2.45, 2.75) is 31.7 Å². The number of carbonyl (C=O) groups excluding carboxylic acids is 1. The predicted octanol–water partition coefficient (Wildman–Crippen LogP) is 0.930. The molecular formula is C12H19NO3S. The second kappa shape index (κ2) is 6.74. The first-order valence-electron chi connectivity index (χ1n) is 5.71. The topological polar surface area (TPSA) is 69.6 Å². The SMILES string of the molecule is CCC(CO)(CO)NC(=O)CCc1cccs1. The molecule has 0 bridgehead atoms. The van der Waals surface area contributed by atoms with Crippen LogP contribution in [-0.2, 0) is 11.2 Å². The number of hydrogen-bond acceptors (Lipinski definition) is 4. The average molecular weight is 257 g/mol. The number of aliphatic hydroxyl groups is 2. The molecule has 0 unspecified atom stereocenters. The van der Waals surface area contributed by atoms with Crippen LogP contribution in [0.4, 0.5) is 0 Å². The Balaban J connectivity index is 2.42. The molecule has 5 heteroatoms. The Kier molecular flexibility index (Phi) is 5.61. The molecule has 0 aliphatic carbocycles. The molecule has 0 radical (unpaired) electrons. The number of hydrogen-bond donors (Lipinski definition) is 3. The van der Waals surface area contributed by atoms with Crippen LogP contribution in [0.15, 0.2) is 17.5 Å². The van der Waals surface area contributed by atoms with Gasteiger partial charge in [-0.2, -0.15) is 0 Å². The number of amides is 1. The summed E-state index contributed by atoms with van der Waals surface area (Å²) >= 11 is 1.62. The van der Waals surface area contributed by atoms with Gasteiger partial charge < -0.3 is 15.5 Å². The molecule has 0 saturated heterocycles. The molecule has 1 heterocycles. The minimum atomic E-state index is -0.882. The summed E-state index contributed by atoms with van der Waals surface area (Å²) in [6.07, 6.45) is 1.58. The van der Waals surface area contributed by atoms with Gasteiger partial charge in [0.25, 0.3) is 0 Å². The monoisotopic (exact) mass is 257 g/mol.